The maximum absolute atomic E-state index is 5.53. The Kier molecular flexibility index (Phi) is 3.02. The average molecular weight is 309 g/mol. The van der Waals surface area contributed by atoms with Crippen LogP contribution in [0.25, 0.3) is 0 Å². The van der Waals surface area contributed by atoms with Gasteiger partial charge in [-0.3, -0.25) is 0 Å². The Morgan fingerprint density at radius 2 is 1.94 bits per heavy atom. The van der Waals surface area contributed by atoms with Crippen molar-refractivity contribution in [1.82, 2.24) is 9.97 Å². The Labute approximate surface area is 112 Å². The molecule has 0 fully saturated rings. The predicted octanol–water partition coefficient (Wildman–Crippen LogP) is 2.89. The van der Waals surface area contributed by atoms with E-state index in [2.05, 4.69) is 25.9 Å². The van der Waals surface area contributed by atoms with Crippen LogP contribution in [-0.4, -0.2) is 16.8 Å². The second-order valence-electron chi connectivity index (χ2n) is 3.62. The number of aromatic nitrogens is 2. The number of halogens is 1. The SMILES string of the molecule is BrCc1cnc(Oc2ccc3c(c2)OCO3)nc1. The summed E-state index contributed by atoms with van der Waals surface area (Å²) in [6, 6.07) is 5.64. The molecule has 3 rings (SSSR count). The van der Waals surface area contributed by atoms with Crippen LogP contribution in [0.3, 0.4) is 0 Å². The fraction of sp³-hybridized carbons (Fsp3) is 0.167. The Bertz CT molecular complexity index is 560. The summed E-state index contributed by atoms with van der Waals surface area (Å²) >= 11 is 3.33. The van der Waals surface area contributed by atoms with Gasteiger partial charge in [0.05, 0.1) is 0 Å². The van der Waals surface area contributed by atoms with Crippen LogP contribution in [0.4, 0.5) is 0 Å². The molecule has 2 aromatic rings. The zero-order chi connectivity index (χ0) is 12.4. The van der Waals surface area contributed by atoms with E-state index in [0.29, 0.717) is 17.5 Å². The molecule has 2 heterocycles. The number of ether oxygens (including phenoxy) is 3. The Morgan fingerprint density at radius 1 is 1.17 bits per heavy atom. The van der Waals surface area contributed by atoms with Gasteiger partial charge in [0.25, 0.3) is 0 Å². The number of benzene rings is 1. The summed E-state index contributed by atoms with van der Waals surface area (Å²) in [4.78, 5) is 8.21. The minimum atomic E-state index is 0.245. The molecule has 1 aromatic heterocycles. The largest absolute Gasteiger partial charge is 0.454 e. The molecule has 1 aromatic carbocycles. The Balaban J connectivity index is 1.79. The van der Waals surface area contributed by atoms with Crippen molar-refractivity contribution in [3.8, 4) is 23.3 Å². The zero-order valence-corrected chi connectivity index (χ0v) is 10.9. The lowest BCUT2D eigenvalue weighted by Gasteiger charge is -2.04. The highest BCUT2D eigenvalue weighted by Gasteiger charge is 2.14. The number of nitrogens with zero attached hydrogens (tertiary/aromatic N) is 2. The number of hydrogen-bond acceptors (Lipinski definition) is 5. The molecule has 0 unspecified atom stereocenters. The van der Waals surface area contributed by atoms with E-state index in [-0.39, 0.29) is 6.79 Å². The second-order valence-corrected chi connectivity index (χ2v) is 4.19. The van der Waals surface area contributed by atoms with Crippen molar-refractivity contribution in [2.24, 2.45) is 0 Å². The molecular weight excluding hydrogens is 300 g/mol. The van der Waals surface area contributed by atoms with Crippen LogP contribution in [0.2, 0.25) is 0 Å². The lowest BCUT2D eigenvalue weighted by atomic mass is 10.3. The molecule has 0 spiro atoms. The maximum Gasteiger partial charge on any atom is 0.321 e. The molecule has 5 nitrogen and oxygen atoms in total. The van der Waals surface area contributed by atoms with Crippen LogP contribution < -0.4 is 14.2 Å². The predicted molar refractivity (Wildman–Crippen MR) is 67.3 cm³/mol. The van der Waals surface area contributed by atoms with E-state index in [1.165, 1.54) is 0 Å². The second kappa shape index (κ2) is 4.81. The van der Waals surface area contributed by atoms with Gasteiger partial charge in [-0.1, -0.05) is 15.9 Å². The first-order chi connectivity index (χ1) is 8.85. The number of alkyl halides is 1. The van der Waals surface area contributed by atoms with Crippen LogP contribution in [-0.2, 0) is 5.33 Å². The third kappa shape index (κ3) is 2.24. The van der Waals surface area contributed by atoms with Gasteiger partial charge < -0.3 is 14.2 Å². The summed E-state index contributed by atoms with van der Waals surface area (Å²) in [6.07, 6.45) is 3.42. The Morgan fingerprint density at radius 3 is 2.72 bits per heavy atom. The van der Waals surface area contributed by atoms with Crippen LogP contribution in [0, 0.1) is 0 Å². The standard InChI is InChI=1S/C12H9BrN2O3/c13-4-8-5-14-12(15-6-8)18-9-1-2-10-11(3-9)17-7-16-10/h1-3,5-6H,4,7H2. The zero-order valence-electron chi connectivity index (χ0n) is 9.30. The topological polar surface area (TPSA) is 53.5 Å². The summed E-state index contributed by atoms with van der Waals surface area (Å²) in [6.45, 7) is 0.245. The first kappa shape index (κ1) is 11.3. The first-order valence-electron chi connectivity index (χ1n) is 5.29. The van der Waals surface area contributed by atoms with Gasteiger partial charge in [-0.25, -0.2) is 9.97 Å². The third-order valence-corrected chi connectivity index (χ3v) is 3.04. The molecule has 0 radical (unpaired) electrons. The molecular formula is C12H9BrN2O3. The van der Waals surface area contributed by atoms with Crippen molar-refractivity contribution in [3.05, 3.63) is 36.2 Å². The highest BCUT2D eigenvalue weighted by atomic mass is 79.9. The van der Waals surface area contributed by atoms with Gasteiger partial charge >= 0.3 is 6.01 Å². The van der Waals surface area contributed by atoms with Crippen LogP contribution >= 0.6 is 15.9 Å². The summed E-state index contributed by atoms with van der Waals surface area (Å²) in [5.74, 6) is 2.01. The van der Waals surface area contributed by atoms with Crippen LogP contribution in [0.15, 0.2) is 30.6 Å². The van der Waals surface area contributed by atoms with E-state index in [4.69, 9.17) is 14.2 Å². The first-order valence-corrected chi connectivity index (χ1v) is 6.42. The molecule has 92 valence electrons. The molecule has 0 saturated carbocycles. The lowest BCUT2D eigenvalue weighted by molar-refractivity contribution is 0.174. The third-order valence-electron chi connectivity index (χ3n) is 2.39. The van der Waals surface area contributed by atoms with Crippen molar-refractivity contribution < 1.29 is 14.2 Å². The molecule has 6 heteroatoms. The average Bonchev–Trinajstić information content (AvgIpc) is 2.87. The van der Waals surface area contributed by atoms with Gasteiger partial charge in [0, 0.05) is 23.8 Å². The van der Waals surface area contributed by atoms with E-state index in [1.54, 1.807) is 30.6 Å². The molecule has 1 aliphatic rings. The molecule has 0 amide bonds. The fourth-order valence-corrected chi connectivity index (χ4v) is 1.80. The smallest absolute Gasteiger partial charge is 0.321 e. The Hall–Kier alpha value is -1.82. The van der Waals surface area contributed by atoms with Crippen molar-refractivity contribution in [2.45, 2.75) is 5.33 Å². The van der Waals surface area contributed by atoms with Crippen LogP contribution in [0.5, 0.6) is 23.3 Å². The van der Waals surface area contributed by atoms with Crippen molar-refractivity contribution in [2.75, 3.05) is 6.79 Å². The molecule has 18 heavy (non-hydrogen) atoms. The molecule has 0 aliphatic carbocycles. The maximum atomic E-state index is 5.53. The minimum Gasteiger partial charge on any atom is -0.454 e. The molecule has 0 saturated heterocycles. The lowest BCUT2D eigenvalue weighted by Crippen LogP contribution is -1.93. The molecule has 0 N–H and O–H groups in total. The summed E-state index contributed by atoms with van der Waals surface area (Å²) in [5, 5.41) is 0.720. The van der Waals surface area contributed by atoms with Gasteiger partial charge in [0.1, 0.15) is 5.75 Å². The van der Waals surface area contributed by atoms with E-state index in [9.17, 15) is 0 Å². The normalized spacial score (nSPS) is 12.5. The monoisotopic (exact) mass is 308 g/mol. The van der Waals surface area contributed by atoms with E-state index < -0.39 is 0 Å². The highest BCUT2D eigenvalue weighted by Crippen LogP contribution is 2.35. The van der Waals surface area contributed by atoms with Gasteiger partial charge in [-0.15, -0.1) is 0 Å². The summed E-state index contributed by atoms with van der Waals surface area (Å²) < 4.78 is 16.0. The van der Waals surface area contributed by atoms with Crippen molar-refractivity contribution >= 4 is 15.9 Å². The van der Waals surface area contributed by atoms with Crippen molar-refractivity contribution in [1.29, 1.82) is 0 Å². The summed E-state index contributed by atoms with van der Waals surface area (Å²) in [5.41, 5.74) is 0.994. The minimum absolute atomic E-state index is 0.245. The molecule has 0 atom stereocenters. The van der Waals surface area contributed by atoms with Crippen molar-refractivity contribution in [3.63, 3.8) is 0 Å². The fourth-order valence-electron chi connectivity index (χ4n) is 1.51. The van der Waals surface area contributed by atoms with Gasteiger partial charge in [0.15, 0.2) is 11.5 Å². The van der Waals surface area contributed by atoms with Gasteiger partial charge in [-0.2, -0.15) is 0 Å². The van der Waals surface area contributed by atoms with Crippen LogP contribution in [0.1, 0.15) is 5.56 Å². The number of rotatable bonds is 3. The number of fused-ring (bicyclic) bond motifs is 1. The van der Waals surface area contributed by atoms with E-state index in [0.717, 1.165) is 16.6 Å². The van der Waals surface area contributed by atoms with E-state index in [1.807, 2.05) is 0 Å². The van der Waals surface area contributed by atoms with Gasteiger partial charge in [-0.05, 0) is 17.7 Å². The quantitative estimate of drug-likeness (QED) is 0.816. The molecule has 1 aliphatic heterocycles. The molecule has 0 bridgehead atoms. The highest BCUT2D eigenvalue weighted by molar-refractivity contribution is 9.08. The number of hydrogen-bond donors (Lipinski definition) is 0. The summed E-state index contributed by atoms with van der Waals surface area (Å²) in [7, 11) is 0. The van der Waals surface area contributed by atoms with E-state index >= 15 is 0 Å². The van der Waals surface area contributed by atoms with Gasteiger partial charge in [0.2, 0.25) is 6.79 Å².